The van der Waals surface area contributed by atoms with Crippen molar-refractivity contribution in [3.63, 3.8) is 0 Å². The number of carbonyl (C=O) groups is 1. The summed E-state index contributed by atoms with van der Waals surface area (Å²) in [6.07, 6.45) is 2.96. The minimum absolute atomic E-state index is 0.262. The summed E-state index contributed by atoms with van der Waals surface area (Å²) in [6.45, 7) is 0. The van der Waals surface area contributed by atoms with Gasteiger partial charge in [-0.2, -0.15) is 5.10 Å². The number of benzene rings is 1. The van der Waals surface area contributed by atoms with Crippen LogP contribution in [-0.2, 0) is 0 Å². The fourth-order valence-electron chi connectivity index (χ4n) is 1.38. The lowest BCUT2D eigenvalue weighted by atomic mass is 10.2. The van der Waals surface area contributed by atoms with Gasteiger partial charge in [0.15, 0.2) is 0 Å². The van der Waals surface area contributed by atoms with Crippen LogP contribution in [0, 0.1) is 0 Å². The van der Waals surface area contributed by atoms with E-state index in [1.165, 1.54) is 19.5 Å². The largest absolute Gasteiger partial charge is 0.494 e. The van der Waals surface area contributed by atoms with E-state index >= 15 is 0 Å². The Labute approximate surface area is 97.8 Å². The smallest absolute Gasteiger partial charge is 0.258 e. The summed E-state index contributed by atoms with van der Waals surface area (Å²) in [5.41, 5.74) is 7.20. The third-order valence-electron chi connectivity index (χ3n) is 2.23. The highest BCUT2D eigenvalue weighted by Gasteiger charge is 2.10. The van der Waals surface area contributed by atoms with Gasteiger partial charge in [-0.1, -0.05) is 0 Å². The molecule has 0 unspecified atom stereocenters. The molecule has 4 N–H and O–H groups in total. The molecule has 88 valence electrons. The number of rotatable bonds is 3. The molecule has 6 nitrogen and oxygen atoms in total. The first-order valence-electron chi connectivity index (χ1n) is 4.94. The Morgan fingerprint density at radius 3 is 3.00 bits per heavy atom. The molecule has 0 radical (unpaired) electrons. The standard InChI is InChI=1S/C11H12N4O2/c1-17-10-4-8(12)2-3-9(10)15-11(16)7-5-13-14-6-7/h2-6H,12H2,1H3,(H,13,14)(H,15,16). The number of aromatic amines is 1. The molecule has 17 heavy (non-hydrogen) atoms. The summed E-state index contributed by atoms with van der Waals surface area (Å²) in [5, 5.41) is 8.99. The number of nitrogens with zero attached hydrogens (tertiary/aromatic N) is 1. The number of carbonyl (C=O) groups excluding carboxylic acids is 1. The van der Waals surface area contributed by atoms with Crippen LogP contribution in [-0.4, -0.2) is 23.2 Å². The van der Waals surface area contributed by atoms with Gasteiger partial charge in [-0.15, -0.1) is 0 Å². The van der Waals surface area contributed by atoms with E-state index < -0.39 is 0 Å². The summed E-state index contributed by atoms with van der Waals surface area (Å²) in [5.74, 6) is 0.253. The lowest BCUT2D eigenvalue weighted by molar-refractivity contribution is 0.102. The molecular weight excluding hydrogens is 220 g/mol. The first-order chi connectivity index (χ1) is 8.20. The predicted octanol–water partition coefficient (Wildman–Crippen LogP) is 1.25. The number of ether oxygens (including phenoxy) is 1. The van der Waals surface area contributed by atoms with Crippen LogP contribution in [0.3, 0.4) is 0 Å². The number of aromatic nitrogens is 2. The molecule has 1 aromatic carbocycles. The highest BCUT2D eigenvalue weighted by atomic mass is 16.5. The third kappa shape index (κ3) is 2.36. The topological polar surface area (TPSA) is 93.0 Å². The van der Waals surface area contributed by atoms with E-state index in [-0.39, 0.29) is 5.91 Å². The Hall–Kier alpha value is -2.50. The van der Waals surface area contributed by atoms with Gasteiger partial charge in [-0.25, -0.2) is 0 Å². The summed E-state index contributed by atoms with van der Waals surface area (Å²) < 4.78 is 5.13. The van der Waals surface area contributed by atoms with Gasteiger partial charge in [0.2, 0.25) is 0 Å². The summed E-state index contributed by atoms with van der Waals surface area (Å²) in [7, 11) is 1.52. The van der Waals surface area contributed by atoms with Gasteiger partial charge in [0, 0.05) is 18.0 Å². The predicted molar refractivity (Wildman–Crippen MR) is 63.9 cm³/mol. The lowest BCUT2D eigenvalue weighted by Crippen LogP contribution is -2.11. The zero-order valence-electron chi connectivity index (χ0n) is 9.23. The zero-order valence-corrected chi connectivity index (χ0v) is 9.23. The number of nitrogens with one attached hydrogen (secondary N) is 2. The highest BCUT2D eigenvalue weighted by molar-refractivity contribution is 6.04. The van der Waals surface area contributed by atoms with E-state index in [0.29, 0.717) is 22.7 Å². The minimum atomic E-state index is -0.262. The van der Waals surface area contributed by atoms with Crippen molar-refractivity contribution in [2.24, 2.45) is 0 Å². The van der Waals surface area contributed by atoms with Crippen molar-refractivity contribution >= 4 is 17.3 Å². The van der Waals surface area contributed by atoms with E-state index in [9.17, 15) is 4.79 Å². The Bertz CT molecular complexity index is 522. The first-order valence-corrected chi connectivity index (χ1v) is 4.94. The third-order valence-corrected chi connectivity index (χ3v) is 2.23. The van der Waals surface area contributed by atoms with E-state index in [4.69, 9.17) is 10.5 Å². The SMILES string of the molecule is COc1cc(N)ccc1NC(=O)c1cn[nH]c1. The molecule has 2 aromatic rings. The van der Waals surface area contributed by atoms with Gasteiger partial charge in [0.25, 0.3) is 5.91 Å². The molecule has 0 aliphatic carbocycles. The van der Waals surface area contributed by atoms with Crippen LogP contribution in [0.25, 0.3) is 0 Å². The van der Waals surface area contributed by atoms with E-state index in [0.717, 1.165) is 0 Å². The lowest BCUT2D eigenvalue weighted by Gasteiger charge is -2.09. The number of nitrogen functional groups attached to an aromatic ring is 1. The highest BCUT2D eigenvalue weighted by Crippen LogP contribution is 2.26. The van der Waals surface area contributed by atoms with Crippen molar-refractivity contribution in [3.8, 4) is 5.75 Å². The van der Waals surface area contributed by atoms with Gasteiger partial charge in [0.1, 0.15) is 5.75 Å². The van der Waals surface area contributed by atoms with Gasteiger partial charge >= 0.3 is 0 Å². The molecule has 1 amide bonds. The van der Waals surface area contributed by atoms with E-state index in [1.54, 1.807) is 18.2 Å². The Morgan fingerprint density at radius 2 is 2.35 bits per heavy atom. The molecule has 0 aliphatic heterocycles. The summed E-state index contributed by atoms with van der Waals surface area (Å²) in [6, 6.07) is 5.02. The molecular formula is C11H12N4O2. The fraction of sp³-hybridized carbons (Fsp3) is 0.0909. The number of hydrogen-bond acceptors (Lipinski definition) is 4. The van der Waals surface area contributed by atoms with Crippen LogP contribution in [0.5, 0.6) is 5.75 Å². The molecule has 0 bridgehead atoms. The number of hydrogen-bond donors (Lipinski definition) is 3. The first kappa shape index (κ1) is 11.0. The number of amides is 1. The van der Waals surface area contributed by atoms with Gasteiger partial charge in [-0.3, -0.25) is 9.89 Å². The molecule has 0 saturated carbocycles. The average molecular weight is 232 g/mol. The van der Waals surface area contributed by atoms with Gasteiger partial charge < -0.3 is 15.8 Å². The molecule has 6 heteroatoms. The molecule has 0 atom stereocenters. The molecule has 1 heterocycles. The Morgan fingerprint density at radius 1 is 1.53 bits per heavy atom. The normalized spacial score (nSPS) is 9.94. The van der Waals surface area contributed by atoms with E-state index in [1.807, 2.05) is 0 Å². The fourth-order valence-corrected chi connectivity index (χ4v) is 1.38. The second-order valence-electron chi connectivity index (χ2n) is 3.40. The van der Waals surface area contributed by atoms with Crippen molar-refractivity contribution in [1.29, 1.82) is 0 Å². The maximum atomic E-state index is 11.8. The maximum absolute atomic E-state index is 11.8. The van der Waals surface area contributed by atoms with Crippen molar-refractivity contribution in [2.75, 3.05) is 18.2 Å². The quantitative estimate of drug-likeness (QED) is 0.694. The number of methoxy groups -OCH3 is 1. The molecule has 0 fully saturated rings. The van der Waals surface area contributed by atoms with Crippen molar-refractivity contribution < 1.29 is 9.53 Å². The molecule has 0 aliphatic rings. The second-order valence-corrected chi connectivity index (χ2v) is 3.40. The molecule has 1 aromatic heterocycles. The van der Waals surface area contributed by atoms with Crippen molar-refractivity contribution in [3.05, 3.63) is 36.2 Å². The second kappa shape index (κ2) is 4.56. The van der Waals surface area contributed by atoms with Crippen LogP contribution >= 0.6 is 0 Å². The number of anilines is 2. The Balaban J connectivity index is 2.21. The van der Waals surface area contributed by atoms with Crippen LogP contribution in [0.15, 0.2) is 30.6 Å². The van der Waals surface area contributed by atoms with Crippen molar-refractivity contribution in [1.82, 2.24) is 10.2 Å². The maximum Gasteiger partial charge on any atom is 0.258 e. The minimum Gasteiger partial charge on any atom is -0.494 e. The van der Waals surface area contributed by atoms with Crippen LogP contribution < -0.4 is 15.8 Å². The van der Waals surface area contributed by atoms with Crippen LogP contribution in [0.4, 0.5) is 11.4 Å². The summed E-state index contributed by atoms with van der Waals surface area (Å²) in [4.78, 5) is 11.8. The molecule has 2 rings (SSSR count). The molecule has 0 saturated heterocycles. The average Bonchev–Trinajstić information content (AvgIpc) is 2.85. The number of nitrogens with two attached hydrogens (primary N) is 1. The van der Waals surface area contributed by atoms with Crippen LogP contribution in [0.1, 0.15) is 10.4 Å². The number of H-pyrrole nitrogens is 1. The van der Waals surface area contributed by atoms with Crippen LogP contribution in [0.2, 0.25) is 0 Å². The monoisotopic (exact) mass is 232 g/mol. The van der Waals surface area contributed by atoms with Crippen molar-refractivity contribution in [2.45, 2.75) is 0 Å². The molecule has 0 spiro atoms. The van der Waals surface area contributed by atoms with Gasteiger partial charge in [0.05, 0.1) is 24.6 Å². The summed E-state index contributed by atoms with van der Waals surface area (Å²) >= 11 is 0. The van der Waals surface area contributed by atoms with E-state index in [2.05, 4.69) is 15.5 Å². The van der Waals surface area contributed by atoms with Gasteiger partial charge in [-0.05, 0) is 12.1 Å². The Kier molecular flexibility index (Phi) is 2.95. The zero-order chi connectivity index (χ0) is 12.3.